The zero-order valence-electron chi connectivity index (χ0n) is 10.1. The monoisotopic (exact) mass is 244 g/mol. The third kappa shape index (κ3) is 4.22. The lowest BCUT2D eigenvalue weighted by Crippen LogP contribution is -2.47. The van der Waals surface area contributed by atoms with Crippen LogP contribution in [0.1, 0.15) is 32.1 Å². The average Bonchev–Trinajstić information content (AvgIpc) is 2.35. The van der Waals surface area contributed by atoms with Crippen LogP contribution in [0.2, 0.25) is 0 Å². The SMILES string of the molecule is CN(C(=O)NCC(O)C(=O)O)C1CCCCC1. The third-order valence-electron chi connectivity index (χ3n) is 3.17. The number of carbonyl (C=O) groups is 2. The molecule has 6 heteroatoms. The molecule has 2 amide bonds. The Morgan fingerprint density at radius 3 is 2.47 bits per heavy atom. The van der Waals surface area contributed by atoms with Gasteiger partial charge in [0.15, 0.2) is 6.10 Å². The van der Waals surface area contributed by atoms with Gasteiger partial charge in [0.1, 0.15) is 0 Å². The van der Waals surface area contributed by atoms with Crippen molar-refractivity contribution in [1.82, 2.24) is 10.2 Å². The molecule has 1 aliphatic carbocycles. The highest BCUT2D eigenvalue weighted by Crippen LogP contribution is 2.21. The fraction of sp³-hybridized carbons (Fsp3) is 0.818. The molecule has 1 aliphatic rings. The van der Waals surface area contributed by atoms with Crippen LogP contribution >= 0.6 is 0 Å². The summed E-state index contributed by atoms with van der Waals surface area (Å²) in [5, 5.41) is 19.9. The van der Waals surface area contributed by atoms with Gasteiger partial charge in [-0.2, -0.15) is 0 Å². The number of hydrogen-bond donors (Lipinski definition) is 3. The van der Waals surface area contributed by atoms with Crippen LogP contribution in [0.5, 0.6) is 0 Å². The number of carbonyl (C=O) groups excluding carboxylic acids is 1. The van der Waals surface area contributed by atoms with E-state index < -0.39 is 12.1 Å². The van der Waals surface area contributed by atoms with Crippen LogP contribution in [0.4, 0.5) is 4.79 Å². The number of nitrogens with zero attached hydrogens (tertiary/aromatic N) is 1. The Balaban J connectivity index is 2.33. The maximum atomic E-state index is 11.7. The summed E-state index contributed by atoms with van der Waals surface area (Å²) in [6, 6.07) is -0.0945. The Labute approximate surface area is 101 Å². The topological polar surface area (TPSA) is 89.9 Å². The zero-order valence-corrected chi connectivity index (χ0v) is 10.1. The summed E-state index contributed by atoms with van der Waals surface area (Å²) >= 11 is 0. The molecule has 1 rings (SSSR count). The number of aliphatic hydroxyl groups excluding tert-OH is 1. The van der Waals surface area contributed by atoms with Crippen molar-refractivity contribution in [2.75, 3.05) is 13.6 Å². The summed E-state index contributed by atoms with van der Waals surface area (Å²) in [5.74, 6) is -1.33. The van der Waals surface area contributed by atoms with Crippen LogP contribution in [0, 0.1) is 0 Å². The molecule has 1 saturated carbocycles. The number of carboxylic acids is 1. The van der Waals surface area contributed by atoms with Crippen molar-refractivity contribution in [2.45, 2.75) is 44.2 Å². The lowest BCUT2D eigenvalue weighted by Gasteiger charge is -2.31. The number of urea groups is 1. The van der Waals surface area contributed by atoms with E-state index in [4.69, 9.17) is 10.2 Å². The molecule has 3 N–H and O–H groups in total. The first-order valence-electron chi connectivity index (χ1n) is 5.94. The molecule has 0 aliphatic heterocycles. The van der Waals surface area contributed by atoms with Crippen molar-refractivity contribution in [3.05, 3.63) is 0 Å². The van der Waals surface area contributed by atoms with Gasteiger partial charge < -0.3 is 20.4 Å². The van der Waals surface area contributed by atoms with Crippen molar-refractivity contribution in [3.8, 4) is 0 Å². The van der Waals surface area contributed by atoms with Crippen LogP contribution < -0.4 is 5.32 Å². The molecular formula is C11H20N2O4. The van der Waals surface area contributed by atoms with Crippen LogP contribution in [0.15, 0.2) is 0 Å². The normalized spacial score (nSPS) is 18.5. The van der Waals surface area contributed by atoms with E-state index in [1.807, 2.05) is 0 Å². The van der Waals surface area contributed by atoms with Crippen molar-refractivity contribution in [3.63, 3.8) is 0 Å². The Bertz CT molecular complexity index is 277. The molecule has 17 heavy (non-hydrogen) atoms. The summed E-state index contributed by atoms with van der Waals surface area (Å²) in [6.07, 6.45) is 3.90. The van der Waals surface area contributed by atoms with Gasteiger partial charge in [-0.3, -0.25) is 0 Å². The van der Waals surface area contributed by atoms with Crippen LogP contribution in [-0.4, -0.2) is 52.9 Å². The number of amides is 2. The molecular weight excluding hydrogens is 224 g/mol. The van der Waals surface area contributed by atoms with Gasteiger partial charge in [-0.05, 0) is 12.8 Å². The Morgan fingerprint density at radius 2 is 1.94 bits per heavy atom. The molecule has 0 heterocycles. The molecule has 0 aromatic rings. The largest absolute Gasteiger partial charge is 0.479 e. The number of aliphatic hydroxyl groups is 1. The third-order valence-corrected chi connectivity index (χ3v) is 3.17. The quantitative estimate of drug-likeness (QED) is 0.668. The summed E-state index contributed by atoms with van der Waals surface area (Å²) in [5.41, 5.74) is 0. The second-order valence-corrected chi connectivity index (χ2v) is 4.44. The molecule has 6 nitrogen and oxygen atoms in total. The van der Waals surface area contributed by atoms with E-state index >= 15 is 0 Å². The Kier molecular flexibility index (Phi) is 5.21. The molecule has 0 radical (unpaired) electrons. The molecule has 0 aromatic carbocycles. The molecule has 98 valence electrons. The minimum Gasteiger partial charge on any atom is -0.479 e. The number of carboxylic acid groups (broad SMARTS) is 1. The number of aliphatic carboxylic acids is 1. The maximum Gasteiger partial charge on any atom is 0.334 e. The standard InChI is InChI=1S/C11H20N2O4/c1-13(8-5-3-2-4-6-8)11(17)12-7-9(14)10(15)16/h8-9,14H,2-7H2,1H3,(H,12,17)(H,15,16). The molecule has 0 bridgehead atoms. The average molecular weight is 244 g/mol. The van der Waals surface area contributed by atoms with Gasteiger partial charge in [0.25, 0.3) is 0 Å². The first-order valence-corrected chi connectivity index (χ1v) is 5.94. The van der Waals surface area contributed by atoms with Crippen molar-refractivity contribution in [2.24, 2.45) is 0 Å². The highest BCUT2D eigenvalue weighted by Gasteiger charge is 2.23. The summed E-state index contributed by atoms with van der Waals surface area (Å²) in [6.45, 7) is -0.259. The fourth-order valence-electron chi connectivity index (χ4n) is 2.03. The summed E-state index contributed by atoms with van der Waals surface area (Å²) < 4.78 is 0. The second-order valence-electron chi connectivity index (χ2n) is 4.44. The lowest BCUT2D eigenvalue weighted by molar-refractivity contribution is -0.146. The van der Waals surface area contributed by atoms with Gasteiger partial charge >= 0.3 is 12.0 Å². The first kappa shape index (κ1) is 13.8. The van der Waals surface area contributed by atoms with Crippen LogP contribution in [-0.2, 0) is 4.79 Å². The minimum absolute atomic E-state index is 0.228. The van der Waals surface area contributed by atoms with Gasteiger partial charge in [-0.15, -0.1) is 0 Å². The molecule has 1 fully saturated rings. The van der Waals surface area contributed by atoms with E-state index in [9.17, 15) is 9.59 Å². The smallest absolute Gasteiger partial charge is 0.334 e. The first-order chi connectivity index (χ1) is 8.02. The summed E-state index contributed by atoms with van der Waals surface area (Å²) in [4.78, 5) is 23.7. The van der Waals surface area contributed by atoms with Gasteiger partial charge in [0, 0.05) is 13.1 Å². The second kappa shape index (κ2) is 6.44. The van der Waals surface area contributed by atoms with Crippen molar-refractivity contribution >= 4 is 12.0 Å². The number of hydrogen-bond acceptors (Lipinski definition) is 3. The van der Waals surface area contributed by atoms with Gasteiger partial charge in [0.2, 0.25) is 0 Å². The maximum absolute atomic E-state index is 11.7. The Hall–Kier alpha value is -1.30. The fourth-order valence-corrected chi connectivity index (χ4v) is 2.03. The van der Waals surface area contributed by atoms with Gasteiger partial charge in [0.05, 0.1) is 6.54 Å². The van der Waals surface area contributed by atoms with E-state index in [-0.39, 0.29) is 18.6 Å². The van der Waals surface area contributed by atoms with E-state index in [0.29, 0.717) is 0 Å². The summed E-state index contributed by atoms with van der Waals surface area (Å²) in [7, 11) is 1.71. The van der Waals surface area contributed by atoms with Gasteiger partial charge in [-0.1, -0.05) is 19.3 Å². The van der Waals surface area contributed by atoms with E-state index in [0.717, 1.165) is 25.7 Å². The number of rotatable bonds is 4. The lowest BCUT2D eigenvalue weighted by atomic mass is 9.95. The van der Waals surface area contributed by atoms with Crippen molar-refractivity contribution < 1.29 is 19.8 Å². The number of nitrogens with one attached hydrogen (secondary N) is 1. The van der Waals surface area contributed by atoms with E-state index in [2.05, 4.69) is 5.32 Å². The molecule has 0 aromatic heterocycles. The molecule has 1 unspecified atom stereocenters. The molecule has 1 atom stereocenters. The van der Waals surface area contributed by atoms with Crippen LogP contribution in [0.3, 0.4) is 0 Å². The zero-order chi connectivity index (χ0) is 12.8. The predicted molar refractivity (Wildman–Crippen MR) is 61.7 cm³/mol. The van der Waals surface area contributed by atoms with E-state index in [1.165, 1.54) is 6.42 Å². The minimum atomic E-state index is -1.54. The highest BCUT2D eigenvalue weighted by molar-refractivity contribution is 5.76. The van der Waals surface area contributed by atoms with Crippen LogP contribution in [0.25, 0.3) is 0 Å². The Morgan fingerprint density at radius 1 is 1.35 bits per heavy atom. The molecule has 0 spiro atoms. The highest BCUT2D eigenvalue weighted by atomic mass is 16.4. The van der Waals surface area contributed by atoms with Gasteiger partial charge in [-0.25, -0.2) is 9.59 Å². The van der Waals surface area contributed by atoms with Crippen molar-refractivity contribution in [1.29, 1.82) is 0 Å². The van der Waals surface area contributed by atoms with E-state index in [1.54, 1.807) is 11.9 Å². The molecule has 0 saturated heterocycles. The predicted octanol–water partition coefficient (Wildman–Crippen LogP) is 0.406.